The Kier molecular flexibility index (Phi) is 3.76. The van der Waals surface area contributed by atoms with Crippen LogP contribution in [-0.4, -0.2) is 19.9 Å². The average molecular weight is 266 g/mol. The first-order valence-corrected chi connectivity index (χ1v) is 6.45. The van der Waals surface area contributed by atoms with Gasteiger partial charge in [0.1, 0.15) is 0 Å². The van der Waals surface area contributed by atoms with Crippen LogP contribution in [0.3, 0.4) is 0 Å². The van der Waals surface area contributed by atoms with Crippen molar-refractivity contribution < 1.29 is 8.42 Å². The lowest BCUT2D eigenvalue weighted by atomic mass is 10.4. The molecule has 0 atom stereocenters. The highest BCUT2D eigenvalue weighted by Gasteiger charge is 2.16. The van der Waals surface area contributed by atoms with Gasteiger partial charge in [-0.05, 0) is 25.1 Å². The third-order valence-corrected chi connectivity index (χ3v) is 4.18. The van der Waals surface area contributed by atoms with E-state index >= 15 is 0 Å². The Bertz CT molecular complexity index is 497. The van der Waals surface area contributed by atoms with Crippen LogP contribution in [0, 0.1) is 5.41 Å². The second-order valence-corrected chi connectivity index (χ2v) is 5.92. The van der Waals surface area contributed by atoms with Crippen LogP contribution in [0.5, 0.6) is 0 Å². The van der Waals surface area contributed by atoms with E-state index in [0.717, 1.165) is 0 Å². The molecule has 1 N–H and O–H groups in total. The fourth-order valence-corrected chi connectivity index (χ4v) is 2.71. The summed E-state index contributed by atoms with van der Waals surface area (Å²) in [6.07, 6.45) is 0. The van der Waals surface area contributed by atoms with Gasteiger partial charge in [-0.3, -0.25) is 0 Å². The molecule has 0 aliphatic carbocycles. The van der Waals surface area contributed by atoms with E-state index in [4.69, 9.17) is 28.6 Å². The van der Waals surface area contributed by atoms with Crippen LogP contribution in [0.2, 0.25) is 10.0 Å². The molecule has 0 aliphatic heterocycles. The quantitative estimate of drug-likeness (QED) is 0.855. The molecule has 0 saturated carbocycles. The molecule has 0 radical (unpaired) electrons. The number of hydrogen-bond donors (Lipinski definition) is 1. The van der Waals surface area contributed by atoms with E-state index in [1.165, 1.54) is 25.1 Å². The van der Waals surface area contributed by atoms with E-state index < -0.39 is 9.84 Å². The zero-order valence-electron chi connectivity index (χ0n) is 7.92. The molecular formula is C9H9Cl2NO2S. The first-order valence-electron chi connectivity index (χ1n) is 4.05. The Morgan fingerprint density at radius 3 is 2.40 bits per heavy atom. The van der Waals surface area contributed by atoms with Crippen molar-refractivity contribution in [2.24, 2.45) is 0 Å². The van der Waals surface area contributed by atoms with Crippen LogP contribution < -0.4 is 0 Å². The molecule has 0 aromatic heterocycles. The molecule has 0 fully saturated rings. The van der Waals surface area contributed by atoms with Crippen molar-refractivity contribution in [3.05, 3.63) is 28.2 Å². The third-order valence-electron chi connectivity index (χ3n) is 1.66. The molecule has 0 amide bonds. The van der Waals surface area contributed by atoms with Crippen LogP contribution in [0.1, 0.15) is 6.92 Å². The topological polar surface area (TPSA) is 58.0 Å². The van der Waals surface area contributed by atoms with Crippen LogP contribution in [0.15, 0.2) is 23.1 Å². The molecule has 15 heavy (non-hydrogen) atoms. The van der Waals surface area contributed by atoms with Crippen molar-refractivity contribution in [1.29, 1.82) is 5.41 Å². The molecule has 0 heterocycles. The maximum atomic E-state index is 11.7. The van der Waals surface area contributed by atoms with Gasteiger partial charge in [0.15, 0.2) is 9.84 Å². The normalized spacial score (nSPS) is 11.4. The summed E-state index contributed by atoms with van der Waals surface area (Å²) in [6.45, 7) is 1.44. The smallest absolute Gasteiger partial charge is 0.183 e. The molecule has 0 bridgehead atoms. The predicted octanol–water partition coefficient (Wildman–Crippen LogP) is 2.81. The molecule has 3 nitrogen and oxygen atoms in total. The predicted molar refractivity (Wildman–Crippen MR) is 61.9 cm³/mol. The van der Waals surface area contributed by atoms with Crippen LogP contribution >= 0.6 is 23.2 Å². The summed E-state index contributed by atoms with van der Waals surface area (Å²) >= 11 is 11.4. The molecule has 0 aliphatic rings. The molecule has 0 unspecified atom stereocenters. The van der Waals surface area contributed by atoms with Gasteiger partial charge in [0.25, 0.3) is 0 Å². The third kappa shape index (κ3) is 3.19. The SMILES string of the molecule is CC(=N)CS(=O)(=O)c1ccc(Cl)c(Cl)c1. The second-order valence-electron chi connectivity index (χ2n) is 3.12. The van der Waals surface area contributed by atoms with Gasteiger partial charge in [-0.1, -0.05) is 23.2 Å². The van der Waals surface area contributed by atoms with Crippen molar-refractivity contribution >= 4 is 38.8 Å². The summed E-state index contributed by atoms with van der Waals surface area (Å²) in [5.74, 6) is -0.301. The number of sulfone groups is 1. The molecule has 0 spiro atoms. The Hall–Kier alpha value is -0.580. The van der Waals surface area contributed by atoms with Gasteiger partial charge in [0, 0.05) is 5.71 Å². The van der Waals surface area contributed by atoms with E-state index in [1.807, 2.05) is 0 Å². The molecule has 1 aromatic rings. The van der Waals surface area contributed by atoms with Gasteiger partial charge >= 0.3 is 0 Å². The largest absolute Gasteiger partial charge is 0.309 e. The molecule has 0 saturated heterocycles. The highest BCUT2D eigenvalue weighted by molar-refractivity contribution is 7.92. The number of nitrogens with one attached hydrogen (secondary N) is 1. The summed E-state index contributed by atoms with van der Waals surface area (Å²) in [4.78, 5) is 0.0866. The van der Waals surface area contributed by atoms with Crippen molar-refractivity contribution in [2.75, 3.05) is 5.75 Å². The van der Waals surface area contributed by atoms with Gasteiger partial charge in [-0.15, -0.1) is 0 Å². The van der Waals surface area contributed by atoms with E-state index in [2.05, 4.69) is 0 Å². The van der Waals surface area contributed by atoms with Gasteiger partial charge in [-0.25, -0.2) is 8.42 Å². The van der Waals surface area contributed by atoms with Crippen LogP contribution in [0.4, 0.5) is 0 Å². The summed E-state index contributed by atoms with van der Waals surface area (Å²) in [6, 6.07) is 4.10. The van der Waals surface area contributed by atoms with E-state index in [9.17, 15) is 8.42 Å². The number of halogens is 2. The molecule has 1 aromatic carbocycles. The lowest BCUT2D eigenvalue weighted by Gasteiger charge is -2.04. The average Bonchev–Trinajstić information content (AvgIpc) is 2.07. The lowest BCUT2D eigenvalue weighted by molar-refractivity contribution is 0.600. The Balaban J connectivity index is 3.17. The minimum Gasteiger partial charge on any atom is -0.309 e. The minimum atomic E-state index is -3.47. The zero-order valence-corrected chi connectivity index (χ0v) is 10.2. The van der Waals surface area contributed by atoms with Crippen molar-refractivity contribution in [3.8, 4) is 0 Å². The molecule has 1 rings (SSSR count). The summed E-state index contributed by atoms with van der Waals surface area (Å²) in [5, 5.41) is 7.66. The van der Waals surface area contributed by atoms with Crippen LogP contribution in [0.25, 0.3) is 0 Å². The van der Waals surface area contributed by atoms with Gasteiger partial charge < -0.3 is 5.41 Å². The van der Waals surface area contributed by atoms with Gasteiger partial charge in [0.2, 0.25) is 0 Å². The van der Waals surface area contributed by atoms with E-state index in [1.54, 1.807) is 0 Å². The molecular weight excluding hydrogens is 257 g/mol. The Labute approximate surface area is 98.4 Å². The maximum Gasteiger partial charge on any atom is 0.183 e. The first-order chi connectivity index (χ1) is 6.83. The summed E-state index contributed by atoms with van der Waals surface area (Å²) in [7, 11) is -3.47. The zero-order chi connectivity index (χ0) is 11.6. The second kappa shape index (κ2) is 4.51. The standard InChI is InChI=1S/C9H9Cl2NO2S/c1-6(12)5-15(13,14)7-2-3-8(10)9(11)4-7/h2-4,12H,5H2,1H3. The highest BCUT2D eigenvalue weighted by atomic mass is 35.5. The minimum absolute atomic E-state index is 0.0843. The van der Waals surface area contributed by atoms with Gasteiger partial charge in [-0.2, -0.15) is 0 Å². The van der Waals surface area contributed by atoms with E-state index in [0.29, 0.717) is 5.02 Å². The van der Waals surface area contributed by atoms with Crippen LogP contribution in [-0.2, 0) is 9.84 Å². The highest BCUT2D eigenvalue weighted by Crippen LogP contribution is 2.25. The fourth-order valence-electron chi connectivity index (χ4n) is 1.04. The molecule has 82 valence electrons. The first kappa shape index (κ1) is 12.5. The Morgan fingerprint density at radius 2 is 1.93 bits per heavy atom. The van der Waals surface area contributed by atoms with Crippen molar-refractivity contribution in [3.63, 3.8) is 0 Å². The lowest BCUT2D eigenvalue weighted by Crippen LogP contribution is -2.12. The summed E-state index contributed by atoms with van der Waals surface area (Å²) in [5.41, 5.74) is 0.0843. The summed E-state index contributed by atoms with van der Waals surface area (Å²) < 4.78 is 23.3. The van der Waals surface area contributed by atoms with Gasteiger partial charge in [0.05, 0.1) is 20.7 Å². The monoisotopic (exact) mass is 265 g/mol. The number of benzene rings is 1. The molecule has 6 heteroatoms. The number of rotatable bonds is 3. The van der Waals surface area contributed by atoms with Crippen molar-refractivity contribution in [1.82, 2.24) is 0 Å². The Morgan fingerprint density at radius 1 is 1.33 bits per heavy atom. The van der Waals surface area contributed by atoms with Crippen molar-refractivity contribution in [2.45, 2.75) is 11.8 Å². The van der Waals surface area contributed by atoms with E-state index in [-0.39, 0.29) is 21.4 Å². The maximum absolute atomic E-state index is 11.7. The number of hydrogen-bond acceptors (Lipinski definition) is 3. The fraction of sp³-hybridized carbons (Fsp3) is 0.222.